The molecule has 0 fully saturated rings. The quantitative estimate of drug-likeness (QED) is 0.597. The third-order valence-electron chi connectivity index (χ3n) is 5.80. The number of aliphatic carboxylic acids is 1. The summed E-state index contributed by atoms with van der Waals surface area (Å²) in [4.78, 5) is 35.9. The third kappa shape index (κ3) is 6.10. The maximum absolute atomic E-state index is 13.3. The van der Waals surface area contributed by atoms with Gasteiger partial charge in [0.2, 0.25) is 5.78 Å². The molecule has 0 amide bonds. The molecular weight excluding hydrogens is 467 g/mol. The van der Waals surface area contributed by atoms with Crippen LogP contribution < -0.4 is 5.32 Å². The van der Waals surface area contributed by atoms with Crippen LogP contribution in [0.15, 0.2) is 48.3 Å². The van der Waals surface area contributed by atoms with Crippen LogP contribution in [-0.2, 0) is 27.3 Å². The molecule has 11 heteroatoms. The van der Waals surface area contributed by atoms with Crippen LogP contribution in [0, 0.1) is 0 Å². The summed E-state index contributed by atoms with van der Waals surface area (Å²) in [5.74, 6) is -3.05. The molecule has 0 saturated heterocycles. The van der Waals surface area contributed by atoms with E-state index in [1.807, 2.05) is 24.3 Å². The summed E-state index contributed by atoms with van der Waals surface area (Å²) in [6.07, 6.45) is 0.229. The Bertz CT molecular complexity index is 1130. The number of benzene rings is 1. The first-order chi connectivity index (χ1) is 16.5. The second-order valence-corrected chi connectivity index (χ2v) is 8.17. The first-order valence-corrected chi connectivity index (χ1v) is 10.9. The number of hydrogen-bond acceptors (Lipinski definition) is 6. The number of hydrogen-bond donors (Lipinski definition) is 2. The van der Waals surface area contributed by atoms with Crippen molar-refractivity contribution in [1.82, 2.24) is 14.8 Å². The van der Waals surface area contributed by atoms with Crippen molar-refractivity contribution in [1.29, 1.82) is 0 Å². The lowest BCUT2D eigenvalue weighted by molar-refractivity contribution is -0.192. The van der Waals surface area contributed by atoms with Crippen molar-refractivity contribution < 1.29 is 37.4 Å². The van der Waals surface area contributed by atoms with Gasteiger partial charge in [-0.2, -0.15) is 13.2 Å². The molecule has 188 valence electrons. The van der Waals surface area contributed by atoms with Crippen molar-refractivity contribution >= 4 is 17.7 Å². The van der Waals surface area contributed by atoms with Crippen LogP contribution >= 0.6 is 0 Å². The molecule has 0 spiro atoms. The van der Waals surface area contributed by atoms with Crippen molar-refractivity contribution in [2.24, 2.45) is 0 Å². The van der Waals surface area contributed by atoms with Crippen LogP contribution in [-0.4, -0.2) is 65.7 Å². The first kappa shape index (κ1) is 26.0. The van der Waals surface area contributed by atoms with Crippen molar-refractivity contribution in [3.05, 3.63) is 70.7 Å². The van der Waals surface area contributed by atoms with Crippen LogP contribution in [0.1, 0.15) is 39.6 Å². The molecule has 0 bridgehead atoms. The number of ketones is 1. The Morgan fingerprint density at radius 3 is 2.49 bits per heavy atom. The van der Waals surface area contributed by atoms with Gasteiger partial charge in [0.15, 0.2) is 0 Å². The molecule has 2 heterocycles. The number of halogens is 3. The number of Topliss-reactive ketones (excluding diaryl/α,β-unsaturated/α-hetero) is 1. The predicted octanol–water partition coefficient (Wildman–Crippen LogP) is 2.93. The SMILES string of the molecule is COC(=O)CCNC1=CC2c3c(cn(Cc4ccccc4)c3C1=O)CCN2C.O=C(O)C(F)(F)F. The average molecular weight is 493 g/mol. The fourth-order valence-corrected chi connectivity index (χ4v) is 4.08. The van der Waals surface area contributed by atoms with E-state index in [0.29, 0.717) is 18.8 Å². The number of carboxylic acid groups (broad SMARTS) is 1. The van der Waals surface area contributed by atoms with E-state index in [9.17, 15) is 22.8 Å². The lowest BCUT2D eigenvalue weighted by Gasteiger charge is -2.34. The van der Waals surface area contributed by atoms with E-state index in [1.165, 1.54) is 18.2 Å². The Kier molecular flexibility index (Phi) is 8.00. The zero-order valence-electron chi connectivity index (χ0n) is 19.3. The Hall–Kier alpha value is -3.60. The summed E-state index contributed by atoms with van der Waals surface area (Å²) in [5.41, 5.74) is 4.88. The standard InChI is InChI=1S/C22H25N3O3.C2HF3O2/c1-24-11-9-16-14-25(13-15-6-4-3-5-7-15)21-20(16)18(24)12-17(22(21)27)23-10-8-19(26)28-2;3-2(4,5)1(6)7/h3-7,12,14,18,23H,8-11,13H2,1-2H3;(H,6,7). The molecule has 1 atom stereocenters. The second kappa shape index (κ2) is 10.8. The molecule has 2 aliphatic rings. The summed E-state index contributed by atoms with van der Waals surface area (Å²) >= 11 is 0. The number of likely N-dealkylation sites (N-methyl/N-ethyl adjacent to an activating group) is 1. The zero-order chi connectivity index (χ0) is 25.8. The van der Waals surface area contributed by atoms with Crippen molar-refractivity contribution in [3.63, 3.8) is 0 Å². The highest BCUT2D eigenvalue weighted by Crippen LogP contribution is 2.38. The number of ether oxygens (including phenoxy) is 1. The van der Waals surface area contributed by atoms with E-state index in [0.717, 1.165) is 24.2 Å². The smallest absolute Gasteiger partial charge is 0.475 e. The lowest BCUT2D eigenvalue weighted by atomic mass is 9.88. The minimum Gasteiger partial charge on any atom is -0.475 e. The van der Waals surface area contributed by atoms with Gasteiger partial charge in [0, 0.05) is 31.4 Å². The van der Waals surface area contributed by atoms with Crippen molar-refractivity contribution in [2.45, 2.75) is 31.6 Å². The van der Waals surface area contributed by atoms with Crippen LogP contribution in [0.2, 0.25) is 0 Å². The van der Waals surface area contributed by atoms with Crippen LogP contribution in [0.4, 0.5) is 13.2 Å². The van der Waals surface area contributed by atoms with Crippen LogP contribution in [0.3, 0.4) is 0 Å². The largest absolute Gasteiger partial charge is 0.490 e. The number of methoxy groups -OCH3 is 1. The highest BCUT2D eigenvalue weighted by Gasteiger charge is 2.38. The number of nitrogens with zero attached hydrogens (tertiary/aromatic N) is 2. The van der Waals surface area contributed by atoms with E-state index < -0.39 is 12.1 Å². The van der Waals surface area contributed by atoms with Gasteiger partial charge in [-0.15, -0.1) is 0 Å². The van der Waals surface area contributed by atoms with Gasteiger partial charge in [0.05, 0.1) is 31.0 Å². The molecule has 35 heavy (non-hydrogen) atoms. The van der Waals surface area contributed by atoms with Gasteiger partial charge in [-0.25, -0.2) is 4.79 Å². The molecule has 1 aliphatic carbocycles. The van der Waals surface area contributed by atoms with Crippen molar-refractivity contribution in [2.75, 3.05) is 27.2 Å². The topological polar surface area (TPSA) is 101 Å². The third-order valence-corrected chi connectivity index (χ3v) is 5.80. The molecule has 0 radical (unpaired) electrons. The lowest BCUT2D eigenvalue weighted by Crippen LogP contribution is -2.37. The molecule has 0 saturated carbocycles. The van der Waals surface area contributed by atoms with Gasteiger partial charge in [0.25, 0.3) is 0 Å². The number of carbonyl (C=O) groups is 3. The predicted molar refractivity (Wildman–Crippen MR) is 120 cm³/mol. The summed E-state index contributed by atoms with van der Waals surface area (Å²) in [6.45, 7) is 2.00. The number of nitrogens with one attached hydrogen (secondary N) is 1. The van der Waals surface area contributed by atoms with E-state index in [2.05, 4.69) is 44.9 Å². The zero-order valence-corrected chi connectivity index (χ0v) is 19.3. The number of aromatic nitrogens is 1. The number of allylic oxidation sites excluding steroid dienone is 1. The van der Waals surface area contributed by atoms with Gasteiger partial charge in [0.1, 0.15) is 0 Å². The van der Waals surface area contributed by atoms with E-state index >= 15 is 0 Å². The molecular formula is C24H26F3N3O5. The Morgan fingerprint density at radius 2 is 1.89 bits per heavy atom. The second-order valence-electron chi connectivity index (χ2n) is 8.17. The van der Waals surface area contributed by atoms with Gasteiger partial charge >= 0.3 is 18.1 Å². The number of alkyl halides is 3. The number of carboxylic acids is 1. The van der Waals surface area contributed by atoms with E-state index in [1.54, 1.807) is 0 Å². The molecule has 1 unspecified atom stereocenters. The van der Waals surface area contributed by atoms with Crippen LogP contribution in [0.5, 0.6) is 0 Å². The normalized spacial score (nSPS) is 17.0. The number of esters is 1. The molecule has 1 aliphatic heterocycles. The average Bonchev–Trinajstić information content (AvgIpc) is 3.18. The summed E-state index contributed by atoms with van der Waals surface area (Å²) in [5, 5.41) is 10.3. The minimum absolute atomic E-state index is 0.00593. The maximum Gasteiger partial charge on any atom is 0.490 e. The van der Waals surface area contributed by atoms with Gasteiger partial charge < -0.3 is 19.7 Å². The molecule has 1 aromatic carbocycles. The monoisotopic (exact) mass is 493 g/mol. The first-order valence-electron chi connectivity index (χ1n) is 10.9. The maximum atomic E-state index is 13.3. The van der Waals surface area contributed by atoms with Crippen molar-refractivity contribution in [3.8, 4) is 0 Å². The highest BCUT2D eigenvalue weighted by atomic mass is 19.4. The summed E-state index contributed by atoms with van der Waals surface area (Å²) in [7, 11) is 3.46. The Balaban J connectivity index is 0.000000429. The Labute approximate surface area is 200 Å². The molecule has 8 nitrogen and oxygen atoms in total. The van der Waals surface area contributed by atoms with E-state index in [4.69, 9.17) is 9.90 Å². The number of carbonyl (C=O) groups excluding carboxylic acids is 2. The van der Waals surface area contributed by atoms with Gasteiger partial charge in [-0.05, 0) is 30.7 Å². The molecule has 1 aromatic heterocycles. The van der Waals surface area contributed by atoms with E-state index in [-0.39, 0.29) is 24.2 Å². The minimum atomic E-state index is -5.08. The summed E-state index contributed by atoms with van der Waals surface area (Å²) < 4.78 is 38.5. The Morgan fingerprint density at radius 1 is 1.23 bits per heavy atom. The molecule has 2 N–H and O–H groups in total. The molecule has 4 rings (SSSR count). The highest BCUT2D eigenvalue weighted by molar-refractivity contribution is 6.10. The molecule has 2 aromatic rings. The fourth-order valence-electron chi connectivity index (χ4n) is 4.08. The number of rotatable bonds is 6. The summed E-state index contributed by atoms with van der Waals surface area (Å²) in [6, 6.07) is 10.3. The van der Waals surface area contributed by atoms with Gasteiger partial charge in [-0.3, -0.25) is 14.5 Å². The fraction of sp³-hybridized carbons (Fsp3) is 0.375. The van der Waals surface area contributed by atoms with Gasteiger partial charge in [-0.1, -0.05) is 30.3 Å². The van der Waals surface area contributed by atoms with Crippen LogP contribution in [0.25, 0.3) is 0 Å².